The fourth-order valence-electron chi connectivity index (χ4n) is 4.22. The van der Waals surface area contributed by atoms with Crippen LogP contribution in [0.4, 0.5) is 0 Å². The summed E-state index contributed by atoms with van der Waals surface area (Å²) in [6.07, 6.45) is 4.06. The van der Waals surface area contributed by atoms with Crippen molar-refractivity contribution in [3.63, 3.8) is 0 Å². The second-order valence-corrected chi connectivity index (χ2v) is 7.92. The third kappa shape index (κ3) is 4.58. The predicted molar refractivity (Wildman–Crippen MR) is 104 cm³/mol. The molecule has 2 heterocycles. The molecule has 6 heteroatoms. The van der Waals surface area contributed by atoms with E-state index in [0.717, 1.165) is 44.0 Å². The van der Waals surface area contributed by atoms with E-state index in [9.17, 15) is 4.79 Å². The Labute approximate surface area is 161 Å². The van der Waals surface area contributed by atoms with Gasteiger partial charge in [-0.1, -0.05) is 23.7 Å². The lowest BCUT2D eigenvalue weighted by Crippen LogP contribution is -2.51. The van der Waals surface area contributed by atoms with Crippen LogP contribution in [0.5, 0.6) is 0 Å². The Balaban J connectivity index is 1.71. The van der Waals surface area contributed by atoms with Crippen LogP contribution < -0.4 is 10.6 Å². The Morgan fingerprint density at radius 1 is 1.35 bits per heavy atom. The highest BCUT2D eigenvalue weighted by Gasteiger charge is 2.40. The molecule has 0 saturated carbocycles. The van der Waals surface area contributed by atoms with Crippen LogP contribution in [0, 0.1) is 5.41 Å². The first-order valence-electron chi connectivity index (χ1n) is 9.62. The highest BCUT2D eigenvalue weighted by Crippen LogP contribution is 2.31. The van der Waals surface area contributed by atoms with E-state index in [1.54, 1.807) is 7.11 Å². The molecule has 0 spiro atoms. The number of carbonyl (C=O) groups is 1. The van der Waals surface area contributed by atoms with Gasteiger partial charge in [-0.3, -0.25) is 9.69 Å². The van der Waals surface area contributed by atoms with Gasteiger partial charge in [0.1, 0.15) is 0 Å². The average Bonchev–Trinajstić information content (AvgIpc) is 3.17. The average molecular weight is 380 g/mol. The molecule has 1 atom stereocenters. The van der Waals surface area contributed by atoms with Crippen molar-refractivity contribution in [1.82, 2.24) is 15.5 Å². The molecule has 0 radical (unpaired) electrons. The third-order valence-electron chi connectivity index (χ3n) is 5.73. The van der Waals surface area contributed by atoms with Gasteiger partial charge in [-0.25, -0.2) is 0 Å². The lowest BCUT2D eigenvalue weighted by molar-refractivity contribution is -0.136. The molecule has 0 aromatic heterocycles. The Hall–Kier alpha value is -1.14. The molecule has 1 amide bonds. The first kappa shape index (κ1) is 19.6. The molecule has 2 aliphatic heterocycles. The number of hydrogen-bond donors (Lipinski definition) is 2. The summed E-state index contributed by atoms with van der Waals surface area (Å²) in [4.78, 5) is 15.5. The van der Waals surface area contributed by atoms with Crippen LogP contribution in [0.1, 0.15) is 37.3 Å². The molecular formula is C20H30ClN3O2. The fourth-order valence-corrected chi connectivity index (χ4v) is 4.42. The molecule has 26 heavy (non-hydrogen) atoms. The van der Waals surface area contributed by atoms with E-state index in [0.29, 0.717) is 13.2 Å². The molecule has 5 nitrogen and oxygen atoms in total. The molecule has 0 aliphatic carbocycles. The number of rotatable bonds is 7. The number of halogens is 1. The largest absolute Gasteiger partial charge is 0.384 e. The zero-order valence-corrected chi connectivity index (χ0v) is 16.4. The van der Waals surface area contributed by atoms with Crippen molar-refractivity contribution in [2.45, 2.75) is 31.7 Å². The van der Waals surface area contributed by atoms with Crippen LogP contribution in [-0.2, 0) is 9.53 Å². The molecular weight excluding hydrogens is 350 g/mol. The number of amides is 1. The van der Waals surface area contributed by atoms with Gasteiger partial charge in [0.2, 0.25) is 5.91 Å². The molecule has 2 aliphatic rings. The second kappa shape index (κ2) is 9.18. The van der Waals surface area contributed by atoms with Gasteiger partial charge in [0.25, 0.3) is 0 Å². The van der Waals surface area contributed by atoms with E-state index in [-0.39, 0.29) is 11.9 Å². The second-order valence-electron chi connectivity index (χ2n) is 7.49. The van der Waals surface area contributed by atoms with E-state index in [1.165, 1.54) is 18.4 Å². The smallest absolute Gasteiger partial charge is 0.228 e. The number of nitrogens with zero attached hydrogens (tertiary/aromatic N) is 1. The molecule has 0 bridgehead atoms. The van der Waals surface area contributed by atoms with Crippen molar-refractivity contribution < 1.29 is 9.53 Å². The Morgan fingerprint density at radius 2 is 2.08 bits per heavy atom. The van der Waals surface area contributed by atoms with Crippen LogP contribution in [0.15, 0.2) is 24.3 Å². The number of hydrogen-bond acceptors (Lipinski definition) is 4. The normalized spacial score (nSPS) is 21.5. The summed E-state index contributed by atoms with van der Waals surface area (Å²) in [6, 6.07) is 8.18. The first-order chi connectivity index (χ1) is 12.6. The van der Waals surface area contributed by atoms with Crippen molar-refractivity contribution in [2.24, 2.45) is 5.41 Å². The summed E-state index contributed by atoms with van der Waals surface area (Å²) in [6.45, 7) is 4.95. The van der Waals surface area contributed by atoms with Crippen LogP contribution in [0.25, 0.3) is 0 Å². The zero-order valence-electron chi connectivity index (χ0n) is 15.6. The van der Waals surface area contributed by atoms with Crippen molar-refractivity contribution >= 4 is 17.5 Å². The van der Waals surface area contributed by atoms with Gasteiger partial charge < -0.3 is 15.4 Å². The number of benzene rings is 1. The van der Waals surface area contributed by atoms with Crippen LogP contribution in [0.3, 0.4) is 0 Å². The number of likely N-dealkylation sites (tertiary alicyclic amines) is 1. The van der Waals surface area contributed by atoms with Crippen molar-refractivity contribution in [3.8, 4) is 0 Å². The molecule has 2 saturated heterocycles. The molecule has 1 aromatic rings. The van der Waals surface area contributed by atoms with E-state index in [4.69, 9.17) is 16.3 Å². The highest BCUT2D eigenvalue weighted by atomic mass is 35.5. The van der Waals surface area contributed by atoms with E-state index in [1.807, 2.05) is 18.2 Å². The number of piperidine rings is 1. The summed E-state index contributed by atoms with van der Waals surface area (Å²) in [5.41, 5.74) is 0.759. The summed E-state index contributed by atoms with van der Waals surface area (Å²) in [5, 5.41) is 7.32. The fraction of sp³-hybridized carbons (Fsp3) is 0.650. The van der Waals surface area contributed by atoms with E-state index >= 15 is 0 Å². The van der Waals surface area contributed by atoms with Crippen molar-refractivity contribution in [3.05, 3.63) is 34.9 Å². The van der Waals surface area contributed by atoms with Gasteiger partial charge in [0.15, 0.2) is 0 Å². The molecule has 2 fully saturated rings. The van der Waals surface area contributed by atoms with E-state index < -0.39 is 5.41 Å². The SMILES string of the molecule is COCC1(C(=O)NCC(c2cccc(Cl)c2)N2CCCC2)CCNCC1. The number of methoxy groups -OCH3 is 1. The van der Waals surface area contributed by atoms with Gasteiger partial charge >= 0.3 is 0 Å². The summed E-state index contributed by atoms with van der Waals surface area (Å²) < 4.78 is 5.40. The van der Waals surface area contributed by atoms with Gasteiger partial charge in [0.05, 0.1) is 18.1 Å². The van der Waals surface area contributed by atoms with Crippen LogP contribution in [-0.4, -0.2) is 57.2 Å². The maximum atomic E-state index is 13.1. The Bertz CT molecular complexity index is 593. The van der Waals surface area contributed by atoms with Crippen molar-refractivity contribution in [1.29, 1.82) is 0 Å². The van der Waals surface area contributed by atoms with Crippen molar-refractivity contribution in [2.75, 3.05) is 46.4 Å². The minimum Gasteiger partial charge on any atom is -0.384 e. The third-order valence-corrected chi connectivity index (χ3v) is 5.97. The van der Waals surface area contributed by atoms with Gasteiger partial charge in [-0.15, -0.1) is 0 Å². The maximum absolute atomic E-state index is 13.1. The molecule has 2 N–H and O–H groups in total. The Morgan fingerprint density at radius 3 is 2.73 bits per heavy atom. The summed E-state index contributed by atoms with van der Waals surface area (Å²) >= 11 is 6.21. The lowest BCUT2D eigenvalue weighted by Gasteiger charge is -2.36. The topological polar surface area (TPSA) is 53.6 Å². The molecule has 144 valence electrons. The molecule has 1 unspecified atom stereocenters. The van der Waals surface area contributed by atoms with Crippen LogP contribution >= 0.6 is 11.6 Å². The quantitative estimate of drug-likeness (QED) is 0.764. The predicted octanol–water partition coefficient (Wildman–Crippen LogP) is 2.61. The first-order valence-corrected chi connectivity index (χ1v) is 10.00. The van der Waals surface area contributed by atoms with Crippen LogP contribution in [0.2, 0.25) is 5.02 Å². The Kier molecular flexibility index (Phi) is 6.92. The number of carbonyl (C=O) groups excluding carboxylic acids is 1. The summed E-state index contributed by atoms with van der Waals surface area (Å²) in [7, 11) is 1.68. The molecule has 3 rings (SSSR count). The number of nitrogens with one attached hydrogen (secondary N) is 2. The highest BCUT2D eigenvalue weighted by molar-refractivity contribution is 6.30. The van der Waals surface area contributed by atoms with Gasteiger partial charge in [0, 0.05) is 18.7 Å². The monoisotopic (exact) mass is 379 g/mol. The molecule has 1 aromatic carbocycles. The minimum atomic E-state index is -0.413. The van der Waals surface area contributed by atoms with Gasteiger partial charge in [-0.2, -0.15) is 0 Å². The van der Waals surface area contributed by atoms with E-state index in [2.05, 4.69) is 21.6 Å². The number of ether oxygens (including phenoxy) is 1. The lowest BCUT2D eigenvalue weighted by atomic mass is 9.78. The van der Waals surface area contributed by atoms with Gasteiger partial charge in [-0.05, 0) is 69.6 Å². The minimum absolute atomic E-state index is 0.118. The standard InChI is InChI=1S/C20H30ClN3O2/c1-26-15-20(7-9-22-10-8-20)19(25)23-14-18(24-11-2-3-12-24)16-5-4-6-17(21)13-16/h4-6,13,18,22H,2-3,7-12,14-15H2,1H3,(H,23,25). The zero-order chi connectivity index (χ0) is 18.4. The maximum Gasteiger partial charge on any atom is 0.228 e. The summed E-state index contributed by atoms with van der Waals surface area (Å²) in [5.74, 6) is 0.118.